The molecule has 2 aromatic rings. The van der Waals surface area contributed by atoms with Crippen LogP contribution in [0.2, 0.25) is 5.02 Å². The molecule has 2 nitrogen and oxygen atoms in total. The highest BCUT2D eigenvalue weighted by Gasteiger charge is 2.21. The minimum atomic E-state index is -0.394. The minimum Gasteiger partial charge on any atom is -0.493 e. The van der Waals surface area contributed by atoms with Gasteiger partial charge >= 0.3 is 0 Å². The lowest BCUT2D eigenvalue weighted by molar-refractivity contribution is 0.270. The van der Waals surface area contributed by atoms with Gasteiger partial charge < -0.3 is 10.1 Å². The molecule has 0 aliphatic carbocycles. The maximum atomic E-state index is 13.8. The average Bonchev–Trinajstić information content (AvgIpc) is 2.49. The summed E-state index contributed by atoms with van der Waals surface area (Å²) < 4.78 is 19.5. The van der Waals surface area contributed by atoms with Gasteiger partial charge in [-0.25, -0.2) is 4.39 Å². The Morgan fingerprint density at radius 2 is 2.05 bits per heavy atom. The Hall–Kier alpha value is -1.74. The number of para-hydroxylation sites is 1. The van der Waals surface area contributed by atoms with Gasteiger partial charge in [-0.2, -0.15) is 0 Å². The lowest BCUT2D eigenvalue weighted by Crippen LogP contribution is -2.21. The third-order valence-corrected chi connectivity index (χ3v) is 3.87. The Morgan fingerprint density at radius 1 is 1.20 bits per heavy atom. The van der Waals surface area contributed by atoms with Crippen molar-refractivity contribution in [3.63, 3.8) is 0 Å². The van der Waals surface area contributed by atoms with Gasteiger partial charge in [-0.3, -0.25) is 0 Å². The van der Waals surface area contributed by atoms with Crippen LogP contribution in [0.4, 0.5) is 10.1 Å². The maximum Gasteiger partial charge on any atom is 0.164 e. The molecule has 0 radical (unpaired) electrons. The number of fused-ring (bicyclic) bond motifs is 1. The monoisotopic (exact) mass is 291 g/mol. The molecule has 0 saturated heterocycles. The van der Waals surface area contributed by atoms with Gasteiger partial charge in [0.25, 0.3) is 0 Å². The highest BCUT2D eigenvalue weighted by atomic mass is 35.5. The number of benzene rings is 2. The molecule has 1 atom stereocenters. The zero-order valence-electron chi connectivity index (χ0n) is 10.9. The van der Waals surface area contributed by atoms with Crippen molar-refractivity contribution in [2.45, 2.75) is 12.3 Å². The number of hydrogen-bond donors (Lipinski definition) is 1. The van der Waals surface area contributed by atoms with Crippen molar-refractivity contribution in [1.82, 2.24) is 0 Å². The fourth-order valence-corrected chi connectivity index (χ4v) is 2.68. The van der Waals surface area contributed by atoms with Gasteiger partial charge in [0, 0.05) is 12.5 Å². The Bertz CT molecular complexity index is 617. The van der Waals surface area contributed by atoms with Gasteiger partial charge in [-0.1, -0.05) is 35.9 Å². The molecule has 4 heteroatoms. The second-order valence-electron chi connectivity index (χ2n) is 4.85. The van der Waals surface area contributed by atoms with Crippen LogP contribution >= 0.6 is 11.6 Å². The zero-order valence-corrected chi connectivity index (χ0v) is 11.7. The Morgan fingerprint density at radius 3 is 2.95 bits per heavy atom. The van der Waals surface area contributed by atoms with Crippen LogP contribution in [0.15, 0.2) is 42.5 Å². The minimum absolute atomic E-state index is 0.141. The van der Waals surface area contributed by atoms with Gasteiger partial charge in [0.05, 0.1) is 17.3 Å². The largest absolute Gasteiger partial charge is 0.493 e. The molecule has 1 aliphatic rings. The topological polar surface area (TPSA) is 21.3 Å². The van der Waals surface area contributed by atoms with E-state index in [1.54, 1.807) is 18.2 Å². The van der Waals surface area contributed by atoms with Crippen LogP contribution in [0.1, 0.15) is 17.9 Å². The normalized spacial score (nSPS) is 17.2. The summed E-state index contributed by atoms with van der Waals surface area (Å²) >= 11 is 5.78. The quantitative estimate of drug-likeness (QED) is 0.901. The third-order valence-electron chi connectivity index (χ3n) is 3.57. The summed E-state index contributed by atoms with van der Waals surface area (Å²) in [7, 11) is 0. The number of anilines is 1. The molecule has 0 spiro atoms. The standard InChI is InChI=1S/C16H15ClFNO/c17-13-5-3-6-14(16(13)18)19-10-11-8-9-20-15-7-2-1-4-12(11)15/h1-7,11,19H,8-10H2. The van der Waals surface area contributed by atoms with Gasteiger partial charge in [0.1, 0.15) is 5.75 Å². The fraction of sp³-hybridized carbons (Fsp3) is 0.250. The molecule has 0 fully saturated rings. The van der Waals surface area contributed by atoms with E-state index in [0.717, 1.165) is 12.2 Å². The lowest BCUT2D eigenvalue weighted by atomic mass is 9.93. The Labute approximate surface area is 122 Å². The van der Waals surface area contributed by atoms with Crippen molar-refractivity contribution in [2.24, 2.45) is 0 Å². The summed E-state index contributed by atoms with van der Waals surface area (Å²) in [6.45, 7) is 1.36. The molecule has 0 amide bonds. The summed E-state index contributed by atoms with van der Waals surface area (Å²) in [5.74, 6) is 0.852. The first-order valence-corrected chi connectivity index (χ1v) is 7.03. The fourth-order valence-electron chi connectivity index (χ4n) is 2.50. The van der Waals surface area contributed by atoms with E-state index in [9.17, 15) is 4.39 Å². The van der Waals surface area contributed by atoms with E-state index < -0.39 is 5.82 Å². The van der Waals surface area contributed by atoms with Crippen LogP contribution in [0.3, 0.4) is 0 Å². The van der Waals surface area contributed by atoms with Gasteiger partial charge in [0.2, 0.25) is 0 Å². The molecule has 2 aromatic carbocycles. The smallest absolute Gasteiger partial charge is 0.164 e. The zero-order chi connectivity index (χ0) is 13.9. The number of rotatable bonds is 3. The third kappa shape index (κ3) is 2.59. The van der Waals surface area contributed by atoms with Crippen LogP contribution in [-0.4, -0.2) is 13.2 Å². The van der Waals surface area contributed by atoms with Crippen molar-refractivity contribution in [3.8, 4) is 5.75 Å². The number of halogens is 2. The molecule has 1 aliphatic heterocycles. The molecule has 0 bridgehead atoms. The van der Waals surface area contributed by atoms with E-state index >= 15 is 0 Å². The number of nitrogens with one attached hydrogen (secondary N) is 1. The molecule has 1 N–H and O–H groups in total. The highest BCUT2D eigenvalue weighted by molar-refractivity contribution is 6.31. The van der Waals surface area contributed by atoms with Crippen molar-refractivity contribution in [1.29, 1.82) is 0 Å². The second kappa shape index (κ2) is 5.71. The van der Waals surface area contributed by atoms with Gasteiger partial charge in [-0.05, 0) is 30.2 Å². The Balaban J connectivity index is 1.75. The van der Waals surface area contributed by atoms with E-state index in [0.29, 0.717) is 24.8 Å². The molecule has 20 heavy (non-hydrogen) atoms. The van der Waals surface area contributed by atoms with Crippen LogP contribution in [-0.2, 0) is 0 Å². The first-order chi connectivity index (χ1) is 9.75. The maximum absolute atomic E-state index is 13.8. The molecule has 1 unspecified atom stereocenters. The van der Waals surface area contributed by atoms with E-state index in [-0.39, 0.29) is 5.02 Å². The average molecular weight is 292 g/mol. The molecule has 1 heterocycles. The molecular weight excluding hydrogens is 277 g/mol. The van der Waals surface area contributed by atoms with Gasteiger partial charge in [-0.15, -0.1) is 0 Å². The molecule has 3 rings (SSSR count). The van der Waals surface area contributed by atoms with Crippen LogP contribution in [0, 0.1) is 5.82 Å². The predicted molar refractivity (Wildman–Crippen MR) is 79.2 cm³/mol. The highest BCUT2D eigenvalue weighted by Crippen LogP contribution is 2.33. The summed E-state index contributed by atoms with van der Waals surface area (Å²) in [6.07, 6.45) is 0.923. The summed E-state index contributed by atoms with van der Waals surface area (Å²) in [6, 6.07) is 13.0. The first kappa shape index (κ1) is 13.3. The summed E-state index contributed by atoms with van der Waals surface area (Å²) in [5.41, 5.74) is 1.62. The molecule has 0 saturated carbocycles. The first-order valence-electron chi connectivity index (χ1n) is 6.65. The number of ether oxygens (including phenoxy) is 1. The molecule has 104 valence electrons. The SMILES string of the molecule is Fc1c(Cl)cccc1NCC1CCOc2ccccc21. The lowest BCUT2D eigenvalue weighted by Gasteiger charge is -2.26. The summed E-state index contributed by atoms with van der Waals surface area (Å²) in [5, 5.41) is 3.29. The van der Waals surface area contributed by atoms with Crippen LogP contribution in [0.25, 0.3) is 0 Å². The van der Waals surface area contributed by atoms with Crippen molar-refractivity contribution in [3.05, 3.63) is 58.9 Å². The predicted octanol–water partition coefficient (Wildman–Crippen LogP) is 4.46. The van der Waals surface area contributed by atoms with Crippen LogP contribution in [0.5, 0.6) is 5.75 Å². The second-order valence-corrected chi connectivity index (χ2v) is 5.26. The van der Waals surface area contributed by atoms with Crippen molar-refractivity contribution < 1.29 is 9.13 Å². The molecular formula is C16H15ClFNO. The van der Waals surface area contributed by atoms with E-state index in [1.807, 2.05) is 18.2 Å². The number of hydrogen-bond acceptors (Lipinski definition) is 2. The van der Waals surface area contributed by atoms with E-state index in [1.165, 1.54) is 5.56 Å². The van der Waals surface area contributed by atoms with Crippen molar-refractivity contribution in [2.75, 3.05) is 18.5 Å². The van der Waals surface area contributed by atoms with Crippen molar-refractivity contribution >= 4 is 17.3 Å². The summed E-state index contributed by atoms with van der Waals surface area (Å²) in [4.78, 5) is 0. The van der Waals surface area contributed by atoms with E-state index in [2.05, 4.69) is 11.4 Å². The van der Waals surface area contributed by atoms with E-state index in [4.69, 9.17) is 16.3 Å². The molecule has 0 aromatic heterocycles. The van der Waals surface area contributed by atoms with Gasteiger partial charge in [0.15, 0.2) is 5.82 Å². The van der Waals surface area contributed by atoms with Crippen LogP contribution < -0.4 is 10.1 Å². The Kier molecular flexibility index (Phi) is 3.79.